The Morgan fingerprint density at radius 3 is 2.95 bits per heavy atom. The van der Waals surface area contributed by atoms with Gasteiger partial charge in [-0.25, -0.2) is 0 Å². The number of aliphatic hydroxyl groups excluding tert-OH is 1. The second-order valence-electron chi connectivity index (χ2n) is 4.98. The first kappa shape index (κ1) is 15.2. The van der Waals surface area contributed by atoms with Gasteiger partial charge in [0.1, 0.15) is 0 Å². The van der Waals surface area contributed by atoms with Crippen LogP contribution in [0.15, 0.2) is 24.3 Å². The van der Waals surface area contributed by atoms with Crippen molar-refractivity contribution < 1.29 is 5.11 Å². The molecule has 106 valence electrons. The normalized spacial score (nSPS) is 24.6. The molecule has 0 bridgehead atoms. The molecule has 0 radical (unpaired) electrons. The van der Waals surface area contributed by atoms with E-state index in [0.717, 1.165) is 11.3 Å². The maximum Gasteiger partial charge on any atom is 0.0928 e. The summed E-state index contributed by atoms with van der Waals surface area (Å²) < 4.78 is 0. The lowest BCUT2D eigenvalue weighted by molar-refractivity contribution is 0.170. The van der Waals surface area contributed by atoms with Crippen LogP contribution in [0, 0.1) is 0 Å². The number of hydrogen-bond acceptors (Lipinski definition) is 3. The van der Waals surface area contributed by atoms with Crippen LogP contribution in [0.3, 0.4) is 0 Å². The molecule has 2 rings (SSSR count). The van der Waals surface area contributed by atoms with Crippen LogP contribution in [0.4, 0.5) is 0 Å². The highest BCUT2D eigenvalue weighted by Crippen LogP contribution is 2.30. The number of hydrogen-bond donors (Lipinski definition) is 2. The van der Waals surface area contributed by atoms with Gasteiger partial charge in [-0.1, -0.05) is 43.1 Å². The molecular formula is C15H22ClNOS. The maximum atomic E-state index is 10.2. The Morgan fingerprint density at radius 2 is 2.21 bits per heavy atom. The van der Waals surface area contributed by atoms with Gasteiger partial charge in [0.2, 0.25) is 0 Å². The van der Waals surface area contributed by atoms with E-state index in [4.69, 9.17) is 11.6 Å². The van der Waals surface area contributed by atoms with Crippen LogP contribution in [0.1, 0.15) is 37.9 Å². The van der Waals surface area contributed by atoms with E-state index >= 15 is 0 Å². The number of thioether (sulfide) groups is 1. The molecule has 1 aliphatic carbocycles. The molecular weight excluding hydrogens is 278 g/mol. The molecule has 4 heteroatoms. The predicted octanol–water partition coefficient (Wildman–Crippen LogP) is 3.64. The topological polar surface area (TPSA) is 32.3 Å². The molecule has 1 saturated carbocycles. The van der Waals surface area contributed by atoms with E-state index in [0.29, 0.717) is 22.9 Å². The van der Waals surface area contributed by atoms with Crippen molar-refractivity contribution in [1.29, 1.82) is 0 Å². The quantitative estimate of drug-likeness (QED) is 0.841. The van der Waals surface area contributed by atoms with E-state index in [-0.39, 0.29) is 0 Å². The third kappa shape index (κ3) is 4.12. The number of nitrogens with one attached hydrogen (secondary N) is 1. The van der Waals surface area contributed by atoms with Gasteiger partial charge < -0.3 is 10.4 Å². The van der Waals surface area contributed by atoms with Crippen molar-refractivity contribution >= 4 is 23.4 Å². The highest BCUT2D eigenvalue weighted by atomic mass is 35.5. The molecule has 0 spiro atoms. The van der Waals surface area contributed by atoms with Crippen molar-refractivity contribution in [2.75, 3.05) is 12.3 Å². The van der Waals surface area contributed by atoms with Crippen LogP contribution < -0.4 is 5.32 Å². The van der Waals surface area contributed by atoms with E-state index in [9.17, 15) is 5.11 Å². The number of benzene rings is 1. The summed E-state index contributed by atoms with van der Waals surface area (Å²) in [7, 11) is 0. The third-order valence-corrected chi connectivity index (χ3v) is 5.34. The Kier molecular flexibility index (Phi) is 6.02. The average Bonchev–Trinajstić information content (AvgIpc) is 2.84. The van der Waals surface area contributed by atoms with Crippen LogP contribution in [0.5, 0.6) is 0 Å². The van der Waals surface area contributed by atoms with E-state index in [1.807, 2.05) is 36.0 Å². The molecule has 0 aromatic heterocycles. The van der Waals surface area contributed by atoms with Crippen molar-refractivity contribution in [2.24, 2.45) is 0 Å². The van der Waals surface area contributed by atoms with Gasteiger partial charge in [-0.15, -0.1) is 0 Å². The fraction of sp³-hybridized carbons (Fsp3) is 0.600. The van der Waals surface area contributed by atoms with Crippen LogP contribution in [-0.2, 0) is 0 Å². The van der Waals surface area contributed by atoms with Crippen molar-refractivity contribution in [3.63, 3.8) is 0 Å². The predicted molar refractivity (Wildman–Crippen MR) is 84.0 cm³/mol. The molecule has 0 amide bonds. The monoisotopic (exact) mass is 299 g/mol. The minimum Gasteiger partial charge on any atom is -0.387 e. The molecule has 0 heterocycles. The minimum atomic E-state index is -0.526. The van der Waals surface area contributed by atoms with Gasteiger partial charge in [0.15, 0.2) is 0 Å². The summed E-state index contributed by atoms with van der Waals surface area (Å²) in [4.78, 5) is 0. The standard InChI is InChI=1S/C15H22ClNOS/c1-2-19-15-9-5-8-13(15)17-10-14(18)11-6-3-4-7-12(11)16/h3-4,6-7,13-15,17-18H,2,5,8-10H2,1H3. The first-order chi connectivity index (χ1) is 9.22. The largest absolute Gasteiger partial charge is 0.387 e. The molecule has 2 N–H and O–H groups in total. The van der Waals surface area contributed by atoms with Gasteiger partial charge in [-0.2, -0.15) is 11.8 Å². The SMILES string of the molecule is CCSC1CCCC1NCC(O)c1ccccc1Cl. The highest BCUT2D eigenvalue weighted by molar-refractivity contribution is 7.99. The van der Waals surface area contributed by atoms with E-state index in [1.165, 1.54) is 19.3 Å². The Morgan fingerprint density at radius 1 is 1.42 bits per heavy atom. The van der Waals surface area contributed by atoms with Gasteiger partial charge in [-0.05, 0) is 24.7 Å². The lowest BCUT2D eigenvalue weighted by Gasteiger charge is -2.22. The molecule has 0 saturated heterocycles. The summed E-state index contributed by atoms with van der Waals surface area (Å²) in [6.45, 7) is 2.79. The van der Waals surface area contributed by atoms with Gasteiger partial charge in [0, 0.05) is 28.4 Å². The lowest BCUT2D eigenvalue weighted by Crippen LogP contribution is -2.37. The Labute approximate surface area is 124 Å². The Balaban J connectivity index is 1.86. The number of aliphatic hydroxyl groups is 1. The molecule has 0 aliphatic heterocycles. The molecule has 1 fully saturated rings. The molecule has 3 unspecified atom stereocenters. The van der Waals surface area contributed by atoms with E-state index in [2.05, 4.69) is 12.2 Å². The van der Waals surface area contributed by atoms with Gasteiger partial charge >= 0.3 is 0 Å². The zero-order valence-electron chi connectivity index (χ0n) is 11.3. The average molecular weight is 300 g/mol. The molecule has 2 nitrogen and oxygen atoms in total. The van der Waals surface area contributed by atoms with Gasteiger partial charge in [0.25, 0.3) is 0 Å². The molecule has 1 aromatic rings. The van der Waals surface area contributed by atoms with Crippen LogP contribution in [0.25, 0.3) is 0 Å². The molecule has 19 heavy (non-hydrogen) atoms. The summed E-state index contributed by atoms with van der Waals surface area (Å²) >= 11 is 8.13. The smallest absolute Gasteiger partial charge is 0.0928 e. The fourth-order valence-corrected chi connectivity index (χ4v) is 4.18. The van der Waals surface area contributed by atoms with Crippen LogP contribution in [-0.4, -0.2) is 28.7 Å². The number of rotatable bonds is 6. The second kappa shape index (κ2) is 7.53. The number of halogens is 1. The molecule has 3 atom stereocenters. The molecule has 1 aromatic carbocycles. The van der Waals surface area contributed by atoms with Crippen molar-refractivity contribution in [2.45, 2.75) is 43.6 Å². The van der Waals surface area contributed by atoms with Crippen molar-refractivity contribution in [1.82, 2.24) is 5.32 Å². The van der Waals surface area contributed by atoms with Gasteiger partial charge in [0.05, 0.1) is 6.10 Å². The Bertz CT molecular complexity index is 401. The zero-order chi connectivity index (χ0) is 13.7. The van der Waals surface area contributed by atoms with Crippen LogP contribution >= 0.6 is 23.4 Å². The molecule has 1 aliphatic rings. The van der Waals surface area contributed by atoms with Crippen molar-refractivity contribution in [3.05, 3.63) is 34.9 Å². The summed E-state index contributed by atoms with van der Waals surface area (Å²) in [5, 5.41) is 15.1. The van der Waals surface area contributed by atoms with Crippen molar-refractivity contribution in [3.8, 4) is 0 Å². The third-order valence-electron chi connectivity index (χ3n) is 3.67. The first-order valence-electron chi connectivity index (χ1n) is 6.99. The second-order valence-corrected chi connectivity index (χ2v) is 6.90. The fourth-order valence-electron chi connectivity index (χ4n) is 2.69. The summed E-state index contributed by atoms with van der Waals surface area (Å²) in [5.41, 5.74) is 0.814. The van der Waals surface area contributed by atoms with E-state index < -0.39 is 6.10 Å². The maximum absolute atomic E-state index is 10.2. The first-order valence-corrected chi connectivity index (χ1v) is 8.42. The zero-order valence-corrected chi connectivity index (χ0v) is 12.9. The summed E-state index contributed by atoms with van der Waals surface area (Å²) in [6, 6.07) is 8.04. The Hall–Kier alpha value is -0.220. The van der Waals surface area contributed by atoms with E-state index in [1.54, 1.807) is 0 Å². The highest BCUT2D eigenvalue weighted by Gasteiger charge is 2.27. The summed E-state index contributed by atoms with van der Waals surface area (Å²) in [5.74, 6) is 1.16. The minimum absolute atomic E-state index is 0.526. The summed E-state index contributed by atoms with van der Waals surface area (Å²) in [6.07, 6.45) is 3.27. The van der Waals surface area contributed by atoms with Crippen LogP contribution in [0.2, 0.25) is 5.02 Å². The van der Waals surface area contributed by atoms with Gasteiger partial charge in [-0.3, -0.25) is 0 Å². The lowest BCUT2D eigenvalue weighted by atomic mass is 10.1.